The molecule has 2 atom stereocenters. The fourth-order valence-electron chi connectivity index (χ4n) is 4.31. The van der Waals surface area contributed by atoms with E-state index in [2.05, 4.69) is 80.3 Å². The third kappa shape index (κ3) is 7.86. The summed E-state index contributed by atoms with van der Waals surface area (Å²) in [6.07, 6.45) is 12.6. The first-order chi connectivity index (χ1) is 14.6. The van der Waals surface area contributed by atoms with Crippen LogP contribution in [0.4, 0.5) is 0 Å². The normalized spacial score (nSPS) is 13.7. The second-order valence-electron chi connectivity index (χ2n) is 8.97. The highest BCUT2D eigenvalue weighted by Gasteiger charge is 2.18. The third-order valence-electron chi connectivity index (χ3n) is 6.41. The van der Waals surface area contributed by atoms with E-state index < -0.39 is 0 Å². The molecule has 168 valence electrons. The van der Waals surface area contributed by atoms with Crippen LogP contribution in [0.15, 0.2) is 30.5 Å². The SMILES string of the molecule is CCCCC(CC)CN(Cc1cn(-c2ccccc2C)nn1)CC(CC)CCCC. The van der Waals surface area contributed by atoms with Crippen LogP contribution in [0, 0.1) is 18.8 Å². The Morgan fingerprint density at radius 3 is 2.03 bits per heavy atom. The molecule has 0 aliphatic rings. The number of nitrogens with zero attached hydrogens (tertiary/aromatic N) is 4. The molecule has 30 heavy (non-hydrogen) atoms. The highest BCUT2D eigenvalue weighted by molar-refractivity contribution is 5.38. The van der Waals surface area contributed by atoms with Crippen molar-refractivity contribution < 1.29 is 0 Å². The zero-order valence-electron chi connectivity index (χ0n) is 20.1. The topological polar surface area (TPSA) is 34.0 Å². The van der Waals surface area contributed by atoms with Gasteiger partial charge in [-0.3, -0.25) is 4.90 Å². The second-order valence-corrected chi connectivity index (χ2v) is 8.97. The van der Waals surface area contributed by atoms with Crippen molar-refractivity contribution in [3.63, 3.8) is 0 Å². The van der Waals surface area contributed by atoms with E-state index in [1.54, 1.807) is 0 Å². The quantitative estimate of drug-likeness (QED) is 0.322. The van der Waals surface area contributed by atoms with Gasteiger partial charge < -0.3 is 0 Å². The first-order valence-electron chi connectivity index (χ1n) is 12.3. The van der Waals surface area contributed by atoms with Gasteiger partial charge in [-0.15, -0.1) is 5.10 Å². The molecule has 0 amide bonds. The first-order valence-corrected chi connectivity index (χ1v) is 12.3. The molecule has 0 fully saturated rings. The van der Waals surface area contributed by atoms with Crippen molar-refractivity contribution in [3.05, 3.63) is 41.7 Å². The molecule has 1 aromatic carbocycles. The van der Waals surface area contributed by atoms with Crippen molar-refractivity contribution in [2.75, 3.05) is 13.1 Å². The molecule has 0 saturated heterocycles. The van der Waals surface area contributed by atoms with Gasteiger partial charge in [-0.2, -0.15) is 0 Å². The average molecular weight is 413 g/mol. The van der Waals surface area contributed by atoms with Crippen molar-refractivity contribution in [2.45, 2.75) is 92.5 Å². The second kappa shape index (κ2) is 13.6. The molecule has 4 heteroatoms. The number of benzene rings is 1. The molecule has 0 spiro atoms. The van der Waals surface area contributed by atoms with Crippen LogP contribution < -0.4 is 0 Å². The van der Waals surface area contributed by atoms with E-state index in [4.69, 9.17) is 0 Å². The summed E-state index contributed by atoms with van der Waals surface area (Å²) < 4.78 is 1.94. The van der Waals surface area contributed by atoms with Crippen molar-refractivity contribution in [1.29, 1.82) is 0 Å². The number of rotatable bonds is 15. The van der Waals surface area contributed by atoms with E-state index >= 15 is 0 Å². The molecular weight excluding hydrogens is 368 g/mol. The van der Waals surface area contributed by atoms with Crippen molar-refractivity contribution >= 4 is 0 Å². The number of aryl methyl sites for hydroxylation is 1. The van der Waals surface area contributed by atoms with Crippen molar-refractivity contribution in [1.82, 2.24) is 19.9 Å². The standard InChI is InChI=1S/C26H44N4/c1-6-10-15-23(8-3)18-29(19-24(9-4)16-11-7-2)20-25-21-30(28-27-25)26-17-13-12-14-22(26)5/h12-14,17,21,23-24H,6-11,15-16,18-20H2,1-5H3. The molecule has 0 aliphatic heterocycles. The van der Waals surface area contributed by atoms with Crippen molar-refractivity contribution in [3.8, 4) is 5.69 Å². The largest absolute Gasteiger partial charge is 0.297 e. The smallest absolute Gasteiger partial charge is 0.0971 e. The fraction of sp³-hybridized carbons (Fsp3) is 0.692. The van der Waals surface area contributed by atoms with Crippen LogP contribution in [0.5, 0.6) is 0 Å². The van der Waals surface area contributed by atoms with E-state index in [1.165, 1.54) is 70.0 Å². The molecule has 1 aromatic heterocycles. The lowest BCUT2D eigenvalue weighted by Gasteiger charge is -2.30. The van der Waals surface area contributed by atoms with E-state index in [9.17, 15) is 0 Å². The van der Waals surface area contributed by atoms with E-state index in [1.807, 2.05) is 4.68 Å². The lowest BCUT2D eigenvalue weighted by molar-refractivity contribution is 0.172. The maximum absolute atomic E-state index is 4.54. The highest BCUT2D eigenvalue weighted by atomic mass is 15.4. The van der Waals surface area contributed by atoms with E-state index in [0.717, 1.165) is 29.8 Å². The fourth-order valence-corrected chi connectivity index (χ4v) is 4.31. The summed E-state index contributed by atoms with van der Waals surface area (Å²) in [5, 5.41) is 8.97. The molecule has 0 bridgehead atoms. The highest BCUT2D eigenvalue weighted by Crippen LogP contribution is 2.21. The summed E-state index contributed by atoms with van der Waals surface area (Å²) in [5.41, 5.74) is 3.42. The zero-order chi connectivity index (χ0) is 21.8. The average Bonchev–Trinajstić information content (AvgIpc) is 3.22. The lowest BCUT2D eigenvalue weighted by atomic mass is 9.95. The Morgan fingerprint density at radius 1 is 0.900 bits per heavy atom. The Bertz CT molecular complexity index is 691. The van der Waals surface area contributed by atoms with E-state index in [0.29, 0.717) is 0 Å². The predicted molar refractivity (Wildman–Crippen MR) is 128 cm³/mol. The Morgan fingerprint density at radius 2 is 1.50 bits per heavy atom. The maximum Gasteiger partial charge on any atom is 0.0971 e. The molecule has 0 aliphatic carbocycles. The van der Waals surface area contributed by atoms with Gasteiger partial charge in [0.15, 0.2) is 0 Å². The molecule has 1 heterocycles. The maximum atomic E-state index is 4.54. The lowest BCUT2D eigenvalue weighted by Crippen LogP contribution is -2.33. The van der Waals surface area contributed by atoms with Gasteiger partial charge in [0.25, 0.3) is 0 Å². The van der Waals surface area contributed by atoms with Gasteiger partial charge in [-0.05, 0) is 43.2 Å². The summed E-state index contributed by atoms with van der Waals surface area (Å²) in [6.45, 7) is 14.7. The van der Waals surface area contributed by atoms with Gasteiger partial charge in [-0.25, -0.2) is 4.68 Å². The Balaban J connectivity index is 2.12. The summed E-state index contributed by atoms with van der Waals surface area (Å²) in [5.74, 6) is 1.56. The van der Waals surface area contributed by atoms with Gasteiger partial charge in [0.2, 0.25) is 0 Å². The molecule has 0 N–H and O–H groups in total. The molecular formula is C26H44N4. The molecule has 0 saturated carbocycles. The predicted octanol–water partition coefficient (Wildman–Crippen LogP) is 6.81. The summed E-state index contributed by atoms with van der Waals surface area (Å²) in [7, 11) is 0. The zero-order valence-corrected chi connectivity index (χ0v) is 20.1. The van der Waals surface area contributed by atoms with Gasteiger partial charge in [0, 0.05) is 19.6 Å². The minimum atomic E-state index is 0.778. The summed E-state index contributed by atoms with van der Waals surface area (Å²) in [6, 6.07) is 8.37. The monoisotopic (exact) mass is 412 g/mol. The number of aromatic nitrogens is 3. The van der Waals surface area contributed by atoms with Crippen LogP contribution in [-0.4, -0.2) is 33.0 Å². The third-order valence-corrected chi connectivity index (χ3v) is 6.41. The first kappa shape index (κ1) is 24.6. The summed E-state index contributed by atoms with van der Waals surface area (Å²) >= 11 is 0. The molecule has 4 nitrogen and oxygen atoms in total. The van der Waals surface area contributed by atoms with Crippen LogP contribution in [-0.2, 0) is 6.54 Å². The van der Waals surface area contributed by atoms with Crippen LogP contribution in [0.25, 0.3) is 5.69 Å². The van der Waals surface area contributed by atoms with Gasteiger partial charge in [0.1, 0.15) is 0 Å². The van der Waals surface area contributed by atoms with Crippen molar-refractivity contribution in [2.24, 2.45) is 11.8 Å². The van der Waals surface area contributed by atoms with E-state index in [-0.39, 0.29) is 0 Å². The van der Waals surface area contributed by atoms with Crippen LogP contribution >= 0.6 is 0 Å². The Labute approximate surface area is 185 Å². The number of hydrogen-bond donors (Lipinski definition) is 0. The molecule has 2 rings (SSSR count). The number of unbranched alkanes of at least 4 members (excludes halogenated alkanes) is 2. The van der Waals surface area contributed by atoms with Gasteiger partial charge >= 0.3 is 0 Å². The minimum absolute atomic E-state index is 0.778. The Hall–Kier alpha value is -1.68. The van der Waals surface area contributed by atoms with Gasteiger partial charge in [0.05, 0.1) is 17.6 Å². The number of para-hydroxylation sites is 1. The van der Waals surface area contributed by atoms with Crippen LogP contribution in [0.3, 0.4) is 0 Å². The molecule has 2 unspecified atom stereocenters. The minimum Gasteiger partial charge on any atom is -0.297 e. The molecule has 2 aromatic rings. The molecule has 0 radical (unpaired) electrons. The number of hydrogen-bond acceptors (Lipinski definition) is 3. The summed E-state index contributed by atoms with van der Waals surface area (Å²) in [4.78, 5) is 2.67. The Kier molecular flexibility index (Phi) is 11.1. The van der Waals surface area contributed by atoms with Gasteiger partial charge in [-0.1, -0.05) is 89.6 Å². The van der Waals surface area contributed by atoms with Crippen LogP contribution in [0.2, 0.25) is 0 Å². The van der Waals surface area contributed by atoms with Crippen LogP contribution in [0.1, 0.15) is 90.3 Å².